The molecule has 0 radical (unpaired) electrons. The fraction of sp³-hybridized carbons (Fsp3) is 0.133. The lowest BCUT2D eigenvalue weighted by Gasteiger charge is -2.02. The van der Waals surface area contributed by atoms with Gasteiger partial charge in [0.1, 0.15) is 5.75 Å². The summed E-state index contributed by atoms with van der Waals surface area (Å²) in [6, 6.07) is 12.2. The smallest absolute Gasteiger partial charge is 0.278 e. The van der Waals surface area contributed by atoms with Crippen LogP contribution in [0.3, 0.4) is 0 Å². The van der Waals surface area contributed by atoms with Gasteiger partial charge in [0.25, 0.3) is 5.69 Å². The molecule has 2 rings (SSSR count). The molecule has 2 aromatic carbocycles. The van der Waals surface area contributed by atoms with Crippen LogP contribution >= 0.6 is 0 Å². The van der Waals surface area contributed by atoms with Gasteiger partial charge in [-0.05, 0) is 31.2 Å². The van der Waals surface area contributed by atoms with Crippen LogP contribution in [0.4, 0.5) is 11.4 Å². The van der Waals surface area contributed by atoms with Crippen molar-refractivity contribution in [1.82, 2.24) is 0 Å². The van der Waals surface area contributed by atoms with Crippen LogP contribution in [-0.4, -0.2) is 18.2 Å². The molecule has 0 aliphatic rings. The molecule has 0 heterocycles. The van der Waals surface area contributed by atoms with Gasteiger partial charge in [-0.3, -0.25) is 15.1 Å². The summed E-state index contributed by atoms with van der Waals surface area (Å²) in [7, 11) is 1.52. The van der Waals surface area contributed by atoms with Crippen molar-refractivity contribution in [3.05, 3.63) is 63.7 Å². The molecule has 0 amide bonds. The second kappa shape index (κ2) is 5.97. The summed E-state index contributed by atoms with van der Waals surface area (Å²) in [5, 5.41) is 11.0. The number of rotatable bonds is 4. The summed E-state index contributed by atoms with van der Waals surface area (Å²) in [6.07, 6.45) is 1.48. The van der Waals surface area contributed by atoms with Crippen LogP contribution in [0.2, 0.25) is 0 Å². The minimum atomic E-state index is -0.435. The SMILES string of the molecule is COc1ccc([N+](=O)[O-])c(C=Nc2ccc(C)cc2)c1. The molecular weight excluding hydrogens is 256 g/mol. The van der Waals surface area contributed by atoms with E-state index in [-0.39, 0.29) is 5.69 Å². The number of nitrogens with zero attached hydrogens (tertiary/aromatic N) is 2. The van der Waals surface area contributed by atoms with Gasteiger partial charge in [0.2, 0.25) is 0 Å². The molecule has 0 saturated carbocycles. The molecule has 0 aromatic heterocycles. The normalized spacial score (nSPS) is 10.7. The zero-order valence-electron chi connectivity index (χ0n) is 11.2. The molecule has 0 saturated heterocycles. The first-order valence-electron chi connectivity index (χ1n) is 6.03. The Balaban J connectivity index is 2.35. The Hall–Kier alpha value is -2.69. The molecular formula is C15H14N2O3. The number of hydrogen-bond acceptors (Lipinski definition) is 4. The average Bonchev–Trinajstić information content (AvgIpc) is 2.46. The molecule has 0 aliphatic carbocycles. The molecule has 102 valence electrons. The Morgan fingerprint density at radius 1 is 1.20 bits per heavy atom. The first kappa shape index (κ1) is 13.7. The maximum atomic E-state index is 11.0. The Kier molecular flexibility index (Phi) is 4.10. The monoisotopic (exact) mass is 270 g/mol. The van der Waals surface area contributed by atoms with Gasteiger partial charge < -0.3 is 4.74 Å². The summed E-state index contributed by atoms with van der Waals surface area (Å²) in [6.45, 7) is 1.99. The van der Waals surface area contributed by atoms with Crippen molar-refractivity contribution in [3.63, 3.8) is 0 Å². The minimum Gasteiger partial charge on any atom is -0.497 e. The van der Waals surface area contributed by atoms with E-state index < -0.39 is 4.92 Å². The maximum absolute atomic E-state index is 11.0. The Bertz CT molecular complexity index is 649. The highest BCUT2D eigenvalue weighted by Crippen LogP contribution is 2.23. The van der Waals surface area contributed by atoms with Crippen LogP contribution in [-0.2, 0) is 0 Å². The van der Waals surface area contributed by atoms with Crippen molar-refractivity contribution in [1.29, 1.82) is 0 Å². The molecule has 0 aliphatic heterocycles. The van der Waals surface area contributed by atoms with E-state index >= 15 is 0 Å². The summed E-state index contributed by atoms with van der Waals surface area (Å²) in [5.41, 5.74) is 2.29. The topological polar surface area (TPSA) is 64.7 Å². The highest BCUT2D eigenvalue weighted by atomic mass is 16.6. The van der Waals surface area contributed by atoms with Gasteiger partial charge >= 0.3 is 0 Å². The van der Waals surface area contributed by atoms with Gasteiger partial charge in [0.15, 0.2) is 0 Å². The van der Waals surface area contributed by atoms with E-state index in [1.807, 2.05) is 31.2 Å². The first-order valence-corrected chi connectivity index (χ1v) is 6.03. The van der Waals surface area contributed by atoms with Crippen molar-refractivity contribution < 1.29 is 9.66 Å². The Labute approximate surface area is 116 Å². The quantitative estimate of drug-likeness (QED) is 0.483. The average molecular weight is 270 g/mol. The molecule has 0 unspecified atom stereocenters. The zero-order valence-corrected chi connectivity index (χ0v) is 11.2. The van der Waals surface area contributed by atoms with Crippen molar-refractivity contribution in [3.8, 4) is 5.75 Å². The van der Waals surface area contributed by atoms with E-state index in [1.165, 1.54) is 19.4 Å². The van der Waals surface area contributed by atoms with Gasteiger partial charge in [-0.15, -0.1) is 0 Å². The highest BCUT2D eigenvalue weighted by molar-refractivity contribution is 5.87. The fourth-order valence-electron chi connectivity index (χ4n) is 1.70. The lowest BCUT2D eigenvalue weighted by Crippen LogP contribution is -1.95. The number of hydrogen-bond donors (Lipinski definition) is 0. The molecule has 5 nitrogen and oxygen atoms in total. The van der Waals surface area contributed by atoms with Crippen LogP contribution in [0.1, 0.15) is 11.1 Å². The Morgan fingerprint density at radius 2 is 1.90 bits per heavy atom. The first-order chi connectivity index (χ1) is 9.60. The van der Waals surface area contributed by atoms with E-state index in [4.69, 9.17) is 4.74 Å². The third-order valence-corrected chi connectivity index (χ3v) is 2.82. The fourth-order valence-corrected chi connectivity index (χ4v) is 1.70. The summed E-state index contributed by atoms with van der Waals surface area (Å²) in [5.74, 6) is 0.556. The number of aliphatic imine (C=N–C) groups is 1. The molecule has 5 heteroatoms. The number of benzene rings is 2. The largest absolute Gasteiger partial charge is 0.497 e. The number of methoxy groups -OCH3 is 1. The second-order valence-corrected chi connectivity index (χ2v) is 4.28. The summed E-state index contributed by atoms with van der Waals surface area (Å²) >= 11 is 0. The number of nitro benzene ring substituents is 1. The molecule has 0 N–H and O–H groups in total. The standard InChI is InChI=1S/C15H14N2O3/c1-11-3-5-13(6-4-11)16-10-12-9-14(20-2)7-8-15(12)17(18)19/h3-10H,1-2H3. The van der Waals surface area contributed by atoms with Crippen molar-refractivity contribution in [2.24, 2.45) is 4.99 Å². The van der Waals surface area contributed by atoms with E-state index in [9.17, 15) is 10.1 Å². The molecule has 0 bridgehead atoms. The number of aryl methyl sites for hydroxylation is 1. The zero-order chi connectivity index (χ0) is 14.5. The Morgan fingerprint density at radius 3 is 2.50 bits per heavy atom. The van der Waals surface area contributed by atoms with Gasteiger partial charge in [0.05, 0.1) is 23.3 Å². The van der Waals surface area contributed by atoms with Crippen molar-refractivity contribution in [2.75, 3.05) is 7.11 Å². The number of nitro groups is 1. The maximum Gasteiger partial charge on any atom is 0.278 e. The van der Waals surface area contributed by atoms with E-state index in [0.717, 1.165) is 11.3 Å². The summed E-state index contributed by atoms with van der Waals surface area (Å²) < 4.78 is 5.07. The predicted octanol–water partition coefficient (Wildman–Crippen LogP) is 3.66. The molecule has 20 heavy (non-hydrogen) atoms. The molecule has 2 aromatic rings. The van der Waals surface area contributed by atoms with Crippen LogP contribution in [0.15, 0.2) is 47.5 Å². The van der Waals surface area contributed by atoms with Crippen LogP contribution in [0.25, 0.3) is 0 Å². The van der Waals surface area contributed by atoms with Crippen LogP contribution in [0, 0.1) is 17.0 Å². The minimum absolute atomic E-state index is 0.00154. The van der Waals surface area contributed by atoms with Gasteiger partial charge in [0, 0.05) is 12.3 Å². The number of ether oxygens (including phenoxy) is 1. The van der Waals surface area contributed by atoms with Crippen molar-refractivity contribution in [2.45, 2.75) is 6.92 Å². The summed E-state index contributed by atoms with van der Waals surface area (Å²) in [4.78, 5) is 14.8. The lowest BCUT2D eigenvalue weighted by atomic mass is 10.2. The van der Waals surface area contributed by atoms with E-state index in [2.05, 4.69) is 4.99 Å². The predicted molar refractivity (Wildman–Crippen MR) is 78.1 cm³/mol. The molecule has 0 spiro atoms. The molecule has 0 atom stereocenters. The third kappa shape index (κ3) is 3.20. The lowest BCUT2D eigenvalue weighted by molar-refractivity contribution is -0.385. The van der Waals surface area contributed by atoms with Crippen LogP contribution in [0.5, 0.6) is 5.75 Å². The van der Waals surface area contributed by atoms with E-state index in [1.54, 1.807) is 12.1 Å². The van der Waals surface area contributed by atoms with E-state index in [0.29, 0.717) is 11.3 Å². The highest BCUT2D eigenvalue weighted by Gasteiger charge is 2.12. The van der Waals surface area contributed by atoms with Gasteiger partial charge in [-0.25, -0.2) is 0 Å². The van der Waals surface area contributed by atoms with Gasteiger partial charge in [-0.1, -0.05) is 17.7 Å². The molecule has 0 fully saturated rings. The van der Waals surface area contributed by atoms with Gasteiger partial charge in [-0.2, -0.15) is 0 Å². The second-order valence-electron chi connectivity index (χ2n) is 4.28. The van der Waals surface area contributed by atoms with Crippen LogP contribution < -0.4 is 4.74 Å². The van der Waals surface area contributed by atoms with Crippen molar-refractivity contribution >= 4 is 17.6 Å². The third-order valence-electron chi connectivity index (χ3n) is 2.82.